The highest BCUT2D eigenvalue weighted by Gasteiger charge is 2.28. The molecule has 33 heavy (non-hydrogen) atoms. The van der Waals surface area contributed by atoms with Crippen LogP contribution >= 0.6 is 11.6 Å². The zero-order valence-corrected chi connectivity index (χ0v) is 20.3. The van der Waals surface area contributed by atoms with Crippen molar-refractivity contribution in [3.8, 4) is 17.1 Å². The molecule has 2 aliphatic rings. The van der Waals surface area contributed by atoms with Crippen molar-refractivity contribution >= 4 is 28.6 Å². The molecule has 9 heteroatoms. The van der Waals surface area contributed by atoms with Gasteiger partial charge in [0.15, 0.2) is 17.0 Å². The first-order valence-corrected chi connectivity index (χ1v) is 12.1. The summed E-state index contributed by atoms with van der Waals surface area (Å²) in [5.41, 5.74) is 2.60. The molecule has 0 N–H and O–H groups in total. The van der Waals surface area contributed by atoms with Crippen LogP contribution < -0.4 is 9.64 Å². The number of nitrogens with zero attached hydrogens (tertiary/aromatic N) is 6. The Kier molecular flexibility index (Phi) is 6.40. The number of piperazine rings is 1. The van der Waals surface area contributed by atoms with Crippen LogP contribution in [0.1, 0.15) is 31.6 Å². The van der Waals surface area contributed by atoms with Gasteiger partial charge >= 0.3 is 0 Å². The Morgan fingerprint density at radius 2 is 1.85 bits per heavy atom. The lowest BCUT2D eigenvalue weighted by atomic mass is 10.1. The summed E-state index contributed by atoms with van der Waals surface area (Å²) in [4.78, 5) is 19.7. The van der Waals surface area contributed by atoms with Gasteiger partial charge in [0.05, 0.1) is 12.1 Å². The maximum absolute atomic E-state index is 6.72. The number of likely N-dealkylation sites (N-methyl/N-ethyl adjacent to an activating group) is 1. The molecule has 3 aromatic rings. The number of aryl methyl sites for hydroxylation is 1. The molecule has 2 aromatic heterocycles. The van der Waals surface area contributed by atoms with E-state index in [1.54, 1.807) is 7.11 Å². The van der Waals surface area contributed by atoms with Gasteiger partial charge in [-0.15, -0.1) is 0 Å². The lowest BCUT2D eigenvalue weighted by Crippen LogP contribution is -2.46. The zero-order valence-electron chi connectivity index (χ0n) is 19.6. The number of aromatic nitrogens is 4. The summed E-state index contributed by atoms with van der Waals surface area (Å²) in [5.74, 6) is 3.24. The summed E-state index contributed by atoms with van der Waals surface area (Å²) in [6.07, 6.45) is 1.83. The molecule has 8 nitrogen and oxygen atoms in total. The van der Waals surface area contributed by atoms with Crippen molar-refractivity contribution in [2.24, 2.45) is 0 Å². The number of imidazole rings is 1. The van der Waals surface area contributed by atoms with E-state index in [4.69, 9.17) is 36.0 Å². The molecule has 0 atom stereocenters. The van der Waals surface area contributed by atoms with E-state index in [1.165, 1.54) is 0 Å². The summed E-state index contributed by atoms with van der Waals surface area (Å²) >= 11 is 6.72. The summed E-state index contributed by atoms with van der Waals surface area (Å²) in [6, 6.07) is 6.00. The number of anilines is 1. The van der Waals surface area contributed by atoms with Gasteiger partial charge in [-0.05, 0) is 44.5 Å². The third kappa shape index (κ3) is 4.27. The van der Waals surface area contributed by atoms with E-state index in [-0.39, 0.29) is 6.04 Å². The summed E-state index contributed by atoms with van der Waals surface area (Å²) in [6.45, 7) is 10.6. The van der Waals surface area contributed by atoms with E-state index >= 15 is 0 Å². The second-order valence-corrected chi connectivity index (χ2v) is 9.09. The van der Waals surface area contributed by atoms with Crippen LogP contribution in [-0.2, 0) is 4.74 Å². The van der Waals surface area contributed by atoms with E-state index in [9.17, 15) is 0 Å². The molecule has 0 bridgehead atoms. The first-order valence-electron chi connectivity index (χ1n) is 11.7. The van der Waals surface area contributed by atoms with Gasteiger partial charge in [0.25, 0.3) is 0 Å². The molecule has 2 aliphatic heterocycles. The third-order valence-corrected chi connectivity index (χ3v) is 7.04. The normalized spacial score (nSPS) is 18.2. The molecule has 176 valence electrons. The Labute approximate surface area is 199 Å². The molecule has 0 amide bonds. The molecule has 0 aliphatic carbocycles. The Morgan fingerprint density at radius 1 is 1.09 bits per heavy atom. The first-order chi connectivity index (χ1) is 16.1. The second-order valence-electron chi connectivity index (χ2n) is 8.68. The zero-order chi connectivity index (χ0) is 22.9. The van der Waals surface area contributed by atoms with Crippen molar-refractivity contribution < 1.29 is 9.47 Å². The number of hydrogen-bond acceptors (Lipinski definition) is 7. The number of hydrogen-bond donors (Lipinski definition) is 0. The predicted molar refractivity (Wildman–Crippen MR) is 130 cm³/mol. The molecule has 2 fully saturated rings. The van der Waals surface area contributed by atoms with E-state index in [2.05, 4.69) is 21.3 Å². The smallest absolute Gasteiger partial charge is 0.166 e. The fourth-order valence-corrected chi connectivity index (χ4v) is 5.10. The molecule has 0 spiro atoms. The molecule has 4 heterocycles. The van der Waals surface area contributed by atoms with Gasteiger partial charge in [-0.2, -0.15) is 0 Å². The fourth-order valence-electron chi connectivity index (χ4n) is 4.85. The van der Waals surface area contributed by atoms with Crippen molar-refractivity contribution in [2.45, 2.75) is 32.7 Å². The molecule has 1 aromatic carbocycles. The number of ether oxygens (including phenoxy) is 2. The van der Waals surface area contributed by atoms with Crippen LogP contribution in [0, 0.1) is 6.92 Å². The van der Waals surface area contributed by atoms with E-state index < -0.39 is 0 Å². The van der Waals surface area contributed by atoms with Gasteiger partial charge in [-0.1, -0.05) is 18.5 Å². The molecule has 5 rings (SSSR count). The van der Waals surface area contributed by atoms with Crippen LogP contribution in [0.15, 0.2) is 18.2 Å². The minimum absolute atomic E-state index is 0.246. The fraction of sp³-hybridized carbons (Fsp3) is 0.542. The largest absolute Gasteiger partial charge is 0.497 e. The van der Waals surface area contributed by atoms with E-state index in [1.807, 2.05) is 25.1 Å². The van der Waals surface area contributed by atoms with E-state index in [0.717, 1.165) is 98.7 Å². The van der Waals surface area contributed by atoms with Crippen LogP contribution in [0.5, 0.6) is 5.75 Å². The Hall–Kier alpha value is -2.42. The maximum Gasteiger partial charge on any atom is 0.166 e. The molecular weight excluding hydrogens is 440 g/mol. The average molecular weight is 471 g/mol. The Morgan fingerprint density at radius 3 is 2.52 bits per heavy atom. The van der Waals surface area contributed by atoms with Crippen LogP contribution in [0.25, 0.3) is 22.6 Å². The van der Waals surface area contributed by atoms with Gasteiger partial charge in [-0.25, -0.2) is 15.0 Å². The summed E-state index contributed by atoms with van der Waals surface area (Å²) < 4.78 is 13.3. The van der Waals surface area contributed by atoms with Crippen molar-refractivity contribution in [2.75, 3.05) is 57.9 Å². The number of halogens is 1. The molecule has 0 unspecified atom stereocenters. The van der Waals surface area contributed by atoms with Crippen molar-refractivity contribution in [3.63, 3.8) is 0 Å². The molecular formula is C24H31ClN6O2. The predicted octanol–water partition coefficient (Wildman–Crippen LogP) is 3.96. The first kappa shape index (κ1) is 22.4. The van der Waals surface area contributed by atoms with Gasteiger partial charge < -0.3 is 23.8 Å². The minimum Gasteiger partial charge on any atom is -0.497 e. The van der Waals surface area contributed by atoms with E-state index in [0.29, 0.717) is 5.02 Å². The maximum atomic E-state index is 6.72. The highest BCUT2D eigenvalue weighted by atomic mass is 35.5. The lowest BCUT2D eigenvalue weighted by Gasteiger charge is -2.34. The average Bonchev–Trinajstić information content (AvgIpc) is 3.22. The molecule has 2 saturated heterocycles. The third-order valence-electron chi connectivity index (χ3n) is 6.73. The number of rotatable bonds is 5. The standard InChI is InChI=1S/C24H31ClN6O2/c1-4-29-9-11-30(12-10-29)23-21-24(27-16(2)26-23)31(17-7-13-33-14-8-17)22(28-21)19-6-5-18(32-3)15-20(19)25/h5-6,15,17H,4,7-14H2,1-3H3. The molecule has 0 radical (unpaired) electrons. The van der Waals surface area contributed by atoms with Gasteiger partial charge in [-0.3, -0.25) is 0 Å². The number of fused-ring (bicyclic) bond motifs is 1. The van der Waals surface area contributed by atoms with Crippen molar-refractivity contribution in [1.29, 1.82) is 0 Å². The Bertz CT molecular complexity index is 1140. The number of benzene rings is 1. The number of methoxy groups -OCH3 is 1. The van der Waals surface area contributed by atoms with Crippen LogP contribution in [0.3, 0.4) is 0 Å². The summed E-state index contributed by atoms with van der Waals surface area (Å²) in [7, 11) is 1.64. The van der Waals surface area contributed by atoms with Crippen molar-refractivity contribution in [1.82, 2.24) is 24.4 Å². The highest BCUT2D eigenvalue weighted by Crippen LogP contribution is 2.38. The van der Waals surface area contributed by atoms with Gasteiger partial charge in [0.2, 0.25) is 0 Å². The quantitative estimate of drug-likeness (QED) is 0.559. The van der Waals surface area contributed by atoms with Crippen LogP contribution in [0.4, 0.5) is 5.82 Å². The highest BCUT2D eigenvalue weighted by molar-refractivity contribution is 6.33. The van der Waals surface area contributed by atoms with Crippen LogP contribution in [0.2, 0.25) is 5.02 Å². The molecule has 0 saturated carbocycles. The lowest BCUT2D eigenvalue weighted by molar-refractivity contribution is 0.0708. The Balaban J connectivity index is 1.67. The minimum atomic E-state index is 0.246. The van der Waals surface area contributed by atoms with Crippen LogP contribution in [-0.4, -0.2) is 77.5 Å². The van der Waals surface area contributed by atoms with Crippen molar-refractivity contribution in [3.05, 3.63) is 29.0 Å². The summed E-state index contributed by atoms with van der Waals surface area (Å²) in [5, 5.41) is 0.612. The monoisotopic (exact) mass is 470 g/mol. The topological polar surface area (TPSA) is 68.5 Å². The van der Waals surface area contributed by atoms with Gasteiger partial charge in [0.1, 0.15) is 17.4 Å². The van der Waals surface area contributed by atoms with Gasteiger partial charge in [0, 0.05) is 51.0 Å². The SMILES string of the molecule is CCN1CCN(c2nc(C)nc3c2nc(-c2ccc(OC)cc2Cl)n3C2CCOCC2)CC1. The second kappa shape index (κ2) is 9.44.